The van der Waals surface area contributed by atoms with Gasteiger partial charge in [-0.15, -0.1) is 10.2 Å². The zero-order chi connectivity index (χ0) is 17.9. The highest BCUT2D eigenvalue weighted by atomic mass is 35.5. The lowest BCUT2D eigenvalue weighted by atomic mass is 9.95. The highest BCUT2D eigenvalue weighted by Crippen LogP contribution is 2.29. The van der Waals surface area contributed by atoms with Gasteiger partial charge in [-0.05, 0) is 44.2 Å². The summed E-state index contributed by atoms with van der Waals surface area (Å²) >= 11 is 5.79. The number of anilines is 1. The number of aromatic nitrogens is 2. The smallest absolute Gasteiger partial charge is 0.223 e. The predicted octanol–water partition coefficient (Wildman–Crippen LogP) is 2.02. The van der Waals surface area contributed by atoms with Crippen molar-refractivity contribution in [2.24, 2.45) is 5.92 Å². The number of fused-ring (bicyclic) bond motifs is 1. The molecule has 1 amide bonds. The molecule has 0 aliphatic carbocycles. The van der Waals surface area contributed by atoms with Gasteiger partial charge < -0.3 is 10.2 Å². The zero-order valence-electron chi connectivity index (χ0n) is 14.9. The number of piperidine rings is 2. The third kappa shape index (κ3) is 4.10. The van der Waals surface area contributed by atoms with E-state index in [1.165, 1.54) is 19.3 Å². The molecule has 0 saturated carbocycles. The first-order valence-electron chi connectivity index (χ1n) is 9.64. The Balaban J connectivity index is 1.21. The van der Waals surface area contributed by atoms with E-state index in [-0.39, 0.29) is 17.9 Å². The van der Waals surface area contributed by atoms with Gasteiger partial charge in [0.2, 0.25) is 5.91 Å². The van der Waals surface area contributed by atoms with Crippen LogP contribution in [0.2, 0.25) is 5.15 Å². The van der Waals surface area contributed by atoms with E-state index in [4.69, 9.17) is 16.4 Å². The van der Waals surface area contributed by atoms with Crippen LogP contribution >= 0.6 is 11.6 Å². The number of hydroxylamine groups is 2. The number of carbonyl (C=O) groups excluding carboxylic acids is 1. The van der Waals surface area contributed by atoms with Gasteiger partial charge in [0.25, 0.3) is 0 Å². The lowest BCUT2D eigenvalue weighted by Crippen LogP contribution is -2.42. The van der Waals surface area contributed by atoms with Crippen LogP contribution in [0.15, 0.2) is 12.1 Å². The van der Waals surface area contributed by atoms with E-state index < -0.39 is 0 Å². The number of hydrogen-bond donors (Lipinski definition) is 1. The first-order chi connectivity index (χ1) is 12.7. The largest absolute Gasteiger partial charge is 0.355 e. The van der Waals surface area contributed by atoms with Gasteiger partial charge in [0.05, 0.1) is 6.10 Å². The van der Waals surface area contributed by atoms with E-state index in [0.29, 0.717) is 17.7 Å². The molecule has 4 heterocycles. The first kappa shape index (κ1) is 17.9. The van der Waals surface area contributed by atoms with Gasteiger partial charge in [-0.25, -0.2) is 0 Å². The number of nitrogens with zero attached hydrogens (tertiary/aromatic N) is 4. The van der Waals surface area contributed by atoms with Gasteiger partial charge in [-0.2, -0.15) is 5.06 Å². The molecule has 4 rings (SSSR count). The quantitative estimate of drug-likeness (QED) is 0.863. The fraction of sp³-hybridized carbons (Fsp3) is 0.722. The van der Waals surface area contributed by atoms with Gasteiger partial charge in [-0.3, -0.25) is 9.63 Å². The van der Waals surface area contributed by atoms with E-state index in [1.54, 1.807) is 6.07 Å². The maximum absolute atomic E-state index is 12.5. The van der Waals surface area contributed by atoms with Crippen LogP contribution < -0.4 is 10.2 Å². The molecule has 26 heavy (non-hydrogen) atoms. The Kier molecular flexibility index (Phi) is 5.57. The molecule has 0 bridgehead atoms. The number of hydrogen-bond acceptors (Lipinski definition) is 6. The fourth-order valence-electron chi connectivity index (χ4n) is 4.21. The van der Waals surface area contributed by atoms with E-state index in [9.17, 15) is 4.79 Å². The molecule has 0 aromatic carbocycles. The SMILES string of the molecule is O=C(NCC1CC2CCCCN2O1)C1CCN(c2ccc(Cl)nn2)CC1. The Morgan fingerprint density at radius 2 is 2.04 bits per heavy atom. The molecule has 1 N–H and O–H groups in total. The van der Waals surface area contributed by atoms with E-state index >= 15 is 0 Å². The molecule has 3 saturated heterocycles. The number of carbonyl (C=O) groups is 1. The molecule has 8 heteroatoms. The topological polar surface area (TPSA) is 70.6 Å². The van der Waals surface area contributed by atoms with Crippen molar-refractivity contribution in [3.05, 3.63) is 17.3 Å². The second kappa shape index (κ2) is 8.06. The summed E-state index contributed by atoms with van der Waals surface area (Å²) in [4.78, 5) is 20.6. The average molecular weight is 380 g/mol. The summed E-state index contributed by atoms with van der Waals surface area (Å²) < 4.78 is 0. The second-order valence-electron chi connectivity index (χ2n) is 7.47. The Hall–Kier alpha value is -1.44. The van der Waals surface area contributed by atoms with Crippen LogP contribution in [-0.2, 0) is 9.63 Å². The third-order valence-corrected chi connectivity index (χ3v) is 5.91. The minimum Gasteiger partial charge on any atom is -0.355 e. The van der Waals surface area contributed by atoms with E-state index in [2.05, 4.69) is 25.5 Å². The van der Waals surface area contributed by atoms with Crippen LogP contribution in [0.4, 0.5) is 5.82 Å². The summed E-state index contributed by atoms with van der Waals surface area (Å²) in [7, 11) is 0. The standard InChI is InChI=1S/C18H26ClN5O2/c19-16-4-5-17(22-21-16)23-9-6-13(7-10-23)18(25)20-12-15-11-14-3-1-2-8-24(14)26-15/h4-5,13-15H,1-3,6-12H2,(H,20,25). The molecular weight excluding hydrogens is 354 g/mol. The van der Waals surface area contributed by atoms with E-state index in [0.717, 1.165) is 44.7 Å². The van der Waals surface area contributed by atoms with E-state index in [1.807, 2.05) is 6.07 Å². The van der Waals surface area contributed by atoms with Crippen molar-refractivity contribution in [2.75, 3.05) is 31.1 Å². The maximum Gasteiger partial charge on any atom is 0.223 e. The van der Waals surface area contributed by atoms with Crippen LogP contribution in [0.3, 0.4) is 0 Å². The summed E-state index contributed by atoms with van der Waals surface area (Å²) in [5.41, 5.74) is 0. The third-order valence-electron chi connectivity index (χ3n) is 5.70. The first-order valence-corrected chi connectivity index (χ1v) is 10.0. The average Bonchev–Trinajstić information content (AvgIpc) is 3.10. The molecule has 3 aliphatic rings. The monoisotopic (exact) mass is 379 g/mol. The van der Waals surface area contributed by atoms with Crippen molar-refractivity contribution in [2.45, 2.75) is 50.7 Å². The summed E-state index contributed by atoms with van der Waals surface area (Å²) in [5, 5.41) is 13.6. The lowest BCUT2D eigenvalue weighted by molar-refractivity contribution is -0.170. The molecule has 3 aliphatic heterocycles. The second-order valence-corrected chi connectivity index (χ2v) is 7.86. The van der Waals surface area contributed by atoms with Crippen molar-refractivity contribution in [3.63, 3.8) is 0 Å². The predicted molar refractivity (Wildman–Crippen MR) is 98.8 cm³/mol. The van der Waals surface area contributed by atoms with Gasteiger partial charge in [0, 0.05) is 38.1 Å². The van der Waals surface area contributed by atoms with Crippen molar-refractivity contribution in [3.8, 4) is 0 Å². The zero-order valence-corrected chi connectivity index (χ0v) is 15.7. The van der Waals surface area contributed by atoms with Crippen LogP contribution in [0.25, 0.3) is 0 Å². The molecule has 1 aromatic rings. The van der Waals surface area contributed by atoms with Crippen LogP contribution in [0, 0.1) is 5.92 Å². The Morgan fingerprint density at radius 3 is 2.77 bits per heavy atom. The Labute approximate surface area is 159 Å². The molecular formula is C18H26ClN5O2. The Morgan fingerprint density at radius 1 is 1.19 bits per heavy atom. The molecule has 0 spiro atoms. The molecule has 2 unspecified atom stereocenters. The van der Waals surface area contributed by atoms with Gasteiger partial charge >= 0.3 is 0 Å². The minimum atomic E-state index is 0.0653. The van der Waals surface area contributed by atoms with Crippen molar-refractivity contribution >= 4 is 23.3 Å². The van der Waals surface area contributed by atoms with Crippen LogP contribution in [-0.4, -0.2) is 59.5 Å². The number of nitrogens with one attached hydrogen (secondary N) is 1. The molecule has 0 radical (unpaired) electrons. The molecule has 1 aromatic heterocycles. The normalized spacial score (nSPS) is 27.3. The molecule has 142 valence electrons. The molecule has 3 fully saturated rings. The molecule has 2 atom stereocenters. The van der Waals surface area contributed by atoms with Crippen LogP contribution in [0.5, 0.6) is 0 Å². The summed E-state index contributed by atoms with van der Waals surface area (Å²) in [6.45, 7) is 3.27. The minimum absolute atomic E-state index is 0.0653. The van der Waals surface area contributed by atoms with Gasteiger partial charge in [0.15, 0.2) is 11.0 Å². The highest BCUT2D eigenvalue weighted by molar-refractivity contribution is 6.29. The van der Waals surface area contributed by atoms with Gasteiger partial charge in [-0.1, -0.05) is 18.0 Å². The van der Waals surface area contributed by atoms with Crippen LogP contribution in [0.1, 0.15) is 38.5 Å². The number of halogens is 1. The van der Waals surface area contributed by atoms with Crippen molar-refractivity contribution < 1.29 is 9.63 Å². The molecule has 7 nitrogen and oxygen atoms in total. The number of amides is 1. The number of rotatable bonds is 4. The van der Waals surface area contributed by atoms with Crippen molar-refractivity contribution in [1.82, 2.24) is 20.6 Å². The Bertz CT molecular complexity index is 607. The summed E-state index contributed by atoms with van der Waals surface area (Å²) in [6, 6.07) is 4.18. The summed E-state index contributed by atoms with van der Waals surface area (Å²) in [5.74, 6) is 1.04. The fourth-order valence-corrected chi connectivity index (χ4v) is 4.31. The van der Waals surface area contributed by atoms with Gasteiger partial charge in [0.1, 0.15) is 0 Å². The summed E-state index contributed by atoms with van der Waals surface area (Å²) in [6.07, 6.45) is 6.55. The van der Waals surface area contributed by atoms with Crippen molar-refractivity contribution in [1.29, 1.82) is 0 Å². The maximum atomic E-state index is 12.5. The highest BCUT2D eigenvalue weighted by Gasteiger charge is 2.35. The lowest BCUT2D eigenvalue weighted by Gasteiger charge is -2.32.